The van der Waals surface area contributed by atoms with Crippen LogP contribution in [0.4, 0.5) is 0 Å². The number of hydrogen-bond acceptors (Lipinski definition) is 4. The Bertz CT molecular complexity index is 929. The van der Waals surface area contributed by atoms with Gasteiger partial charge in [0.05, 0.1) is 7.11 Å². The molecule has 0 bridgehead atoms. The lowest BCUT2D eigenvalue weighted by atomic mass is 10.0. The van der Waals surface area contributed by atoms with Gasteiger partial charge in [0.15, 0.2) is 17.2 Å². The second-order valence-corrected chi connectivity index (χ2v) is 7.07. The van der Waals surface area contributed by atoms with Gasteiger partial charge in [-0.25, -0.2) is 0 Å². The van der Waals surface area contributed by atoms with Crippen molar-refractivity contribution in [3.63, 3.8) is 0 Å². The van der Waals surface area contributed by atoms with E-state index in [1.165, 1.54) is 13.2 Å². The summed E-state index contributed by atoms with van der Waals surface area (Å²) in [5.41, 5.74) is 2.17. The number of benzene rings is 2. The molecule has 0 amide bonds. The van der Waals surface area contributed by atoms with Gasteiger partial charge in [0, 0.05) is 5.56 Å². The van der Waals surface area contributed by atoms with Gasteiger partial charge in [-0.15, -0.1) is 6.58 Å². The third-order valence-electron chi connectivity index (χ3n) is 3.99. The van der Waals surface area contributed by atoms with E-state index in [0.717, 1.165) is 5.56 Å². The smallest absolute Gasteiger partial charge is 0.298 e. The third kappa shape index (κ3) is 4.15. The van der Waals surface area contributed by atoms with E-state index in [9.17, 15) is 13.0 Å². The van der Waals surface area contributed by atoms with Crippen LogP contribution in [0.25, 0.3) is 6.08 Å². The molecule has 0 aliphatic carbocycles. The van der Waals surface area contributed by atoms with Gasteiger partial charge in [0.25, 0.3) is 10.1 Å². The Labute approximate surface area is 154 Å². The molecule has 0 saturated carbocycles. The van der Waals surface area contributed by atoms with Crippen LogP contribution in [0, 0.1) is 6.92 Å². The molecule has 6 heteroatoms. The highest BCUT2D eigenvalue weighted by molar-refractivity contribution is 7.86. The van der Waals surface area contributed by atoms with Gasteiger partial charge in [-0.1, -0.05) is 36.9 Å². The van der Waals surface area contributed by atoms with Crippen LogP contribution in [0.2, 0.25) is 0 Å². The number of methoxy groups -OCH3 is 1. The highest BCUT2D eigenvalue weighted by atomic mass is 32.2. The minimum absolute atomic E-state index is 0.0851. The summed E-state index contributed by atoms with van der Waals surface area (Å²) in [5, 5.41) is 0. The predicted octanol–water partition coefficient (Wildman–Crippen LogP) is 4.80. The zero-order valence-electron chi connectivity index (χ0n) is 14.9. The molecule has 2 rings (SSSR count). The van der Waals surface area contributed by atoms with Crippen LogP contribution in [0.5, 0.6) is 17.2 Å². The first kappa shape index (κ1) is 19.8. The van der Waals surface area contributed by atoms with E-state index in [0.29, 0.717) is 35.5 Å². The van der Waals surface area contributed by atoms with Crippen LogP contribution in [-0.4, -0.2) is 20.1 Å². The molecule has 0 heterocycles. The molecular formula is C20H22O5S. The first-order chi connectivity index (χ1) is 12.3. The largest absolute Gasteiger partial charge is 0.493 e. The summed E-state index contributed by atoms with van der Waals surface area (Å²) in [4.78, 5) is -0.289. The van der Waals surface area contributed by atoms with Crippen molar-refractivity contribution < 1.29 is 22.4 Å². The molecule has 0 fully saturated rings. The lowest BCUT2D eigenvalue weighted by Crippen LogP contribution is -2.06. The lowest BCUT2D eigenvalue weighted by molar-refractivity contribution is 0.372. The Morgan fingerprint density at radius 2 is 1.88 bits per heavy atom. The molecule has 26 heavy (non-hydrogen) atoms. The average molecular weight is 374 g/mol. The Morgan fingerprint density at radius 1 is 1.15 bits per heavy atom. The van der Waals surface area contributed by atoms with Crippen molar-refractivity contribution >= 4 is 16.2 Å². The van der Waals surface area contributed by atoms with Crippen molar-refractivity contribution in [2.75, 3.05) is 7.11 Å². The Morgan fingerprint density at radius 3 is 2.46 bits per heavy atom. The highest BCUT2D eigenvalue weighted by Crippen LogP contribution is 2.41. The van der Waals surface area contributed by atoms with Crippen molar-refractivity contribution in [1.29, 1.82) is 0 Å². The molecule has 0 aliphatic heterocycles. The number of ether oxygens (including phenoxy) is 2. The van der Waals surface area contributed by atoms with Crippen molar-refractivity contribution in [3.05, 3.63) is 66.3 Å². The van der Waals surface area contributed by atoms with E-state index in [4.69, 9.17) is 9.47 Å². The van der Waals surface area contributed by atoms with Crippen molar-refractivity contribution in [2.24, 2.45) is 0 Å². The molecule has 0 aromatic heterocycles. The molecule has 138 valence electrons. The lowest BCUT2D eigenvalue weighted by Gasteiger charge is -2.19. The predicted molar refractivity (Wildman–Crippen MR) is 103 cm³/mol. The second-order valence-electron chi connectivity index (χ2n) is 5.68. The van der Waals surface area contributed by atoms with Crippen LogP contribution in [-0.2, 0) is 16.5 Å². The SMILES string of the molecule is C=CCCc1c(C)ccc(S(=O)(=O)O)c1Oc1c(C=C)cccc1OC. The average Bonchev–Trinajstić information content (AvgIpc) is 2.60. The molecule has 0 atom stereocenters. The Hall–Kier alpha value is -2.57. The summed E-state index contributed by atoms with van der Waals surface area (Å²) in [6.07, 6.45) is 4.48. The van der Waals surface area contributed by atoms with Crippen LogP contribution >= 0.6 is 0 Å². The van der Waals surface area contributed by atoms with Gasteiger partial charge in [-0.3, -0.25) is 4.55 Å². The standard InChI is InChI=1S/C20H22O5S/c1-5-7-10-16-14(3)12-13-18(26(21,22)23)20(16)25-19-15(6-2)9-8-11-17(19)24-4/h5-6,8-9,11-13H,1-2,7,10H2,3-4H3,(H,21,22,23). The first-order valence-electron chi connectivity index (χ1n) is 8.01. The monoisotopic (exact) mass is 374 g/mol. The summed E-state index contributed by atoms with van der Waals surface area (Å²) in [5.74, 6) is 0.849. The molecule has 1 N–H and O–H groups in total. The van der Waals surface area contributed by atoms with E-state index in [2.05, 4.69) is 13.2 Å². The van der Waals surface area contributed by atoms with E-state index >= 15 is 0 Å². The number of rotatable bonds is 8. The van der Waals surface area contributed by atoms with Crippen LogP contribution in [0.15, 0.2) is 54.5 Å². The van der Waals surface area contributed by atoms with E-state index in [1.807, 2.05) is 6.92 Å². The summed E-state index contributed by atoms with van der Waals surface area (Å²) >= 11 is 0. The molecule has 0 aliphatic rings. The zero-order chi connectivity index (χ0) is 19.3. The van der Waals surface area contributed by atoms with Gasteiger partial charge in [-0.05, 0) is 43.0 Å². The van der Waals surface area contributed by atoms with Gasteiger partial charge >= 0.3 is 0 Å². The minimum atomic E-state index is -4.47. The number of hydrogen-bond donors (Lipinski definition) is 1. The summed E-state index contributed by atoms with van der Waals surface area (Å²) < 4.78 is 44.8. The molecule has 2 aromatic carbocycles. The van der Waals surface area contributed by atoms with E-state index < -0.39 is 10.1 Å². The van der Waals surface area contributed by atoms with Crippen molar-refractivity contribution in [3.8, 4) is 17.2 Å². The molecule has 5 nitrogen and oxygen atoms in total. The molecule has 0 saturated heterocycles. The maximum atomic E-state index is 11.9. The maximum Gasteiger partial charge on any atom is 0.298 e. The third-order valence-corrected chi connectivity index (χ3v) is 4.87. The van der Waals surface area contributed by atoms with Gasteiger partial charge in [-0.2, -0.15) is 8.42 Å². The fraction of sp³-hybridized carbons (Fsp3) is 0.200. The number of para-hydroxylation sites is 1. The quantitative estimate of drug-likeness (QED) is 0.530. The van der Waals surface area contributed by atoms with E-state index in [-0.39, 0.29) is 10.6 Å². The molecule has 0 spiro atoms. The summed E-state index contributed by atoms with van der Waals surface area (Å²) in [7, 11) is -2.98. The molecule has 0 radical (unpaired) electrons. The van der Waals surface area contributed by atoms with Crippen LogP contribution in [0.1, 0.15) is 23.1 Å². The highest BCUT2D eigenvalue weighted by Gasteiger charge is 2.23. The second kappa shape index (κ2) is 8.21. The van der Waals surface area contributed by atoms with E-state index in [1.54, 1.807) is 36.4 Å². The summed E-state index contributed by atoms with van der Waals surface area (Å²) in [6.45, 7) is 9.31. The van der Waals surface area contributed by atoms with Crippen LogP contribution in [0.3, 0.4) is 0 Å². The van der Waals surface area contributed by atoms with Crippen molar-refractivity contribution in [1.82, 2.24) is 0 Å². The fourth-order valence-corrected chi connectivity index (χ4v) is 3.28. The summed E-state index contributed by atoms with van der Waals surface area (Å²) in [6, 6.07) is 8.23. The van der Waals surface area contributed by atoms with Crippen molar-refractivity contribution in [2.45, 2.75) is 24.7 Å². The molecular weight excluding hydrogens is 352 g/mol. The topological polar surface area (TPSA) is 72.8 Å². The maximum absolute atomic E-state index is 11.9. The van der Waals surface area contributed by atoms with Gasteiger partial charge in [0.1, 0.15) is 4.90 Å². The minimum Gasteiger partial charge on any atom is -0.493 e. The number of aryl methyl sites for hydroxylation is 1. The zero-order valence-corrected chi connectivity index (χ0v) is 15.7. The first-order valence-corrected chi connectivity index (χ1v) is 9.45. The number of allylic oxidation sites excluding steroid dienone is 1. The molecule has 0 unspecified atom stereocenters. The fourth-order valence-electron chi connectivity index (χ4n) is 2.64. The normalized spacial score (nSPS) is 11.0. The van der Waals surface area contributed by atoms with Crippen LogP contribution < -0.4 is 9.47 Å². The Kier molecular flexibility index (Phi) is 6.23. The molecule has 2 aromatic rings. The Balaban J connectivity index is 2.74. The van der Waals surface area contributed by atoms with Gasteiger partial charge < -0.3 is 9.47 Å². The van der Waals surface area contributed by atoms with Gasteiger partial charge in [0.2, 0.25) is 0 Å².